The van der Waals surface area contributed by atoms with E-state index in [-0.39, 0.29) is 0 Å². The summed E-state index contributed by atoms with van der Waals surface area (Å²) in [5, 5.41) is 4.43. The topological polar surface area (TPSA) is 43.8 Å². The molecule has 0 bridgehead atoms. The van der Waals surface area contributed by atoms with Gasteiger partial charge in [-0.3, -0.25) is 4.68 Å². The first-order valence-electron chi connectivity index (χ1n) is 5.63. The van der Waals surface area contributed by atoms with E-state index in [1.54, 1.807) is 0 Å². The molecular weight excluding hydrogens is 174 g/mol. The Bertz CT molecular complexity index is 274. The highest BCUT2D eigenvalue weighted by atomic mass is 15.3. The van der Waals surface area contributed by atoms with Crippen molar-refractivity contribution in [2.75, 3.05) is 6.54 Å². The minimum Gasteiger partial charge on any atom is -0.330 e. The molecule has 14 heavy (non-hydrogen) atoms. The molecule has 3 nitrogen and oxygen atoms in total. The van der Waals surface area contributed by atoms with Crippen LogP contribution in [0.5, 0.6) is 0 Å². The number of aromatic nitrogens is 2. The van der Waals surface area contributed by atoms with E-state index in [0.717, 1.165) is 19.4 Å². The summed E-state index contributed by atoms with van der Waals surface area (Å²) in [7, 11) is 0. The molecule has 3 heteroatoms. The van der Waals surface area contributed by atoms with Crippen LogP contribution >= 0.6 is 0 Å². The summed E-state index contributed by atoms with van der Waals surface area (Å²) in [5.74, 6) is 0. The van der Waals surface area contributed by atoms with Gasteiger partial charge in [0, 0.05) is 6.20 Å². The zero-order chi connectivity index (χ0) is 9.80. The predicted octanol–water partition coefficient (Wildman–Crippen LogP) is 1.89. The average molecular weight is 193 g/mol. The van der Waals surface area contributed by atoms with Gasteiger partial charge in [-0.25, -0.2) is 0 Å². The second kappa shape index (κ2) is 4.60. The van der Waals surface area contributed by atoms with E-state index in [1.165, 1.54) is 31.2 Å². The summed E-state index contributed by atoms with van der Waals surface area (Å²) in [6.07, 6.45) is 11.7. The molecule has 0 spiro atoms. The lowest BCUT2D eigenvalue weighted by atomic mass is 10.2. The quantitative estimate of drug-likeness (QED) is 0.793. The van der Waals surface area contributed by atoms with E-state index in [0.29, 0.717) is 6.04 Å². The molecule has 0 unspecified atom stereocenters. The zero-order valence-corrected chi connectivity index (χ0v) is 8.65. The molecule has 1 aliphatic rings. The van der Waals surface area contributed by atoms with Gasteiger partial charge in [0.15, 0.2) is 0 Å². The van der Waals surface area contributed by atoms with E-state index >= 15 is 0 Å². The van der Waals surface area contributed by atoms with Gasteiger partial charge < -0.3 is 5.73 Å². The fourth-order valence-corrected chi connectivity index (χ4v) is 2.18. The van der Waals surface area contributed by atoms with Gasteiger partial charge in [-0.1, -0.05) is 12.8 Å². The molecule has 0 aromatic carbocycles. The van der Waals surface area contributed by atoms with Crippen LogP contribution in [-0.2, 0) is 6.42 Å². The Balaban J connectivity index is 1.94. The number of nitrogens with two attached hydrogens (primary N) is 1. The molecule has 1 heterocycles. The average Bonchev–Trinajstić information content (AvgIpc) is 2.85. The summed E-state index contributed by atoms with van der Waals surface area (Å²) in [5.41, 5.74) is 6.81. The SMILES string of the molecule is NCCCc1cnn(C2CCCC2)c1. The minimum atomic E-state index is 0.668. The lowest BCUT2D eigenvalue weighted by Gasteiger charge is -2.08. The van der Waals surface area contributed by atoms with Gasteiger partial charge in [0.25, 0.3) is 0 Å². The number of aryl methyl sites for hydroxylation is 1. The second-order valence-electron chi connectivity index (χ2n) is 4.16. The van der Waals surface area contributed by atoms with Crippen molar-refractivity contribution in [1.82, 2.24) is 9.78 Å². The Morgan fingerprint density at radius 3 is 2.93 bits per heavy atom. The molecule has 0 aliphatic heterocycles. The van der Waals surface area contributed by atoms with E-state index in [4.69, 9.17) is 5.73 Å². The maximum Gasteiger partial charge on any atom is 0.0521 e. The van der Waals surface area contributed by atoms with Crippen molar-refractivity contribution in [3.63, 3.8) is 0 Å². The van der Waals surface area contributed by atoms with E-state index in [9.17, 15) is 0 Å². The lowest BCUT2D eigenvalue weighted by molar-refractivity contribution is 0.466. The van der Waals surface area contributed by atoms with Crippen LogP contribution < -0.4 is 5.73 Å². The molecule has 1 fully saturated rings. The van der Waals surface area contributed by atoms with Crippen LogP contribution in [0.3, 0.4) is 0 Å². The van der Waals surface area contributed by atoms with Gasteiger partial charge >= 0.3 is 0 Å². The Hall–Kier alpha value is -0.830. The van der Waals surface area contributed by atoms with E-state index in [1.807, 2.05) is 6.20 Å². The van der Waals surface area contributed by atoms with Gasteiger partial charge in [0.2, 0.25) is 0 Å². The molecule has 0 atom stereocenters. The minimum absolute atomic E-state index is 0.668. The van der Waals surface area contributed by atoms with Crippen LogP contribution in [0.25, 0.3) is 0 Å². The molecule has 2 N–H and O–H groups in total. The third kappa shape index (κ3) is 2.15. The highest BCUT2D eigenvalue weighted by Gasteiger charge is 2.17. The van der Waals surface area contributed by atoms with E-state index in [2.05, 4.69) is 16.0 Å². The maximum atomic E-state index is 5.48. The zero-order valence-electron chi connectivity index (χ0n) is 8.65. The number of nitrogens with zero attached hydrogens (tertiary/aromatic N) is 2. The Labute approximate surface area is 85.3 Å². The van der Waals surface area contributed by atoms with Crippen LogP contribution in [-0.4, -0.2) is 16.3 Å². The van der Waals surface area contributed by atoms with Crippen LogP contribution in [0, 0.1) is 0 Å². The molecular formula is C11H19N3. The monoisotopic (exact) mass is 193 g/mol. The second-order valence-corrected chi connectivity index (χ2v) is 4.16. The van der Waals surface area contributed by atoms with Gasteiger partial charge in [-0.15, -0.1) is 0 Å². The first kappa shape index (κ1) is 9.71. The van der Waals surface area contributed by atoms with Crippen molar-refractivity contribution in [2.24, 2.45) is 5.73 Å². The number of rotatable bonds is 4. The largest absolute Gasteiger partial charge is 0.330 e. The van der Waals surface area contributed by atoms with Gasteiger partial charge in [0.1, 0.15) is 0 Å². The van der Waals surface area contributed by atoms with Crippen LogP contribution in [0.1, 0.15) is 43.7 Å². The van der Waals surface area contributed by atoms with Crippen LogP contribution in [0.4, 0.5) is 0 Å². The number of hydrogen-bond donors (Lipinski definition) is 1. The number of hydrogen-bond acceptors (Lipinski definition) is 2. The molecule has 78 valence electrons. The highest BCUT2D eigenvalue weighted by molar-refractivity contribution is 5.04. The first-order chi connectivity index (χ1) is 6.90. The van der Waals surface area contributed by atoms with Crippen molar-refractivity contribution in [3.05, 3.63) is 18.0 Å². The Kier molecular flexibility index (Phi) is 3.19. The fourth-order valence-electron chi connectivity index (χ4n) is 2.18. The molecule has 0 saturated heterocycles. The third-order valence-electron chi connectivity index (χ3n) is 3.02. The molecule has 2 rings (SSSR count). The third-order valence-corrected chi connectivity index (χ3v) is 3.02. The van der Waals surface area contributed by atoms with Crippen molar-refractivity contribution in [3.8, 4) is 0 Å². The lowest BCUT2D eigenvalue weighted by Crippen LogP contribution is -2.04. The van der Waals surface area contributed by atoms with Gasteiger partial charge in [-0.2, -0.15) is 5.10 Å². The first-order valence-corrected chi connectivity index (χ1v) is 5.63. The smallest absolute Gasteiger partial charge is 0.0521 e. The highest BCUT2D eigenvalue weighted by Crippen LogP contribution is 2.28. The molecule has 1 aromatic heterocycles. The molecule has 0 amide bonds. The molecule has 1 saturated carbocycles. The van der Waals surface area contributed by atoms with Crippen LogP contribution in [0.2, 0.25) is 0 Å². The van der Waals surface area contributed by atoms with Crippen LogP contribution in [0.15, 0.2) is 12.4 Å². The van der Waals surface area contributed by atoms with E-state index < -0.39 is 0 Å². The summed E-state index contributed by atoms with van der Waals surface area (Å²) >= 11 is 0. The van der Waals surface area contributed by atoms with Crippen molar-refractivity contribution in [1.29, 1.82) is 0 Å². The summed E-state index contributed by atoms with van der Waals surface area (Å²) in [4.78, 5) is 0. The predicted molar refractivity (Wildman–Crippen MR) is 57.1 cm³/mol. The maximum absolute atomic E-state index is 5.48. The standard InChI is InChI=1S/C11H19N3/c12-7-3-4-10-8-13-14(9-10)11-5-1-2-6-11/h8-9,11H,1-7,12H2. The van der Waals surface area contributed by atoms with Gasteiger partial charge in [0.05, 0.1) is 12.2 Å². The van der Waals surface area contributed by atoms with Gasteiger partial charge in [-0.05, 0) is 37.8 Å². The summed E-state index contributed by atoms with van der Waals surface area (Å²) in [6.45, 7) is 0.772. The normalized spacial score (nSPS) is 17.8. The Morgan fingerprint density at radius 2 is 2.21 bits per heavy atom. The molecule has 0 radical (unpaired) electrons. The summed E-state index contributed by atoms with van der Waals surface area (Å²) < 4.78 is 2.15. The molecule has 1 aromatic rings. The molecule has 1 aliphatic carbocycles. The summed E-state index contributed by atoms with van der Waals surface area (Å²) in [6, 6.07) is 0.668. The van der Waals surface area contributed by atoms with Crippen molar-refractivity contribution < 1.29 is 0 Å². The Morgan fingerprint density at radius 1 is 1.43 bits per heavy atom. The van der Waals surface area contributed by atoms with Crippen molar-refractivity contribution >= 4 is 0 Å². The van der Waals surface area contributed by atoms with Crippen molar-refractivity contribution in [2.45, 2.75) is 44.6 Å². The fraction of sp³-hybridized carbons (Fsp3) is 0.727.